The summed E-state index contributed by atoms with van der Waals surface area (Å²) < 4.78 is 23.4. The number of methoxy groups -OCH3 is 1. The second-order valence-electron chi connectivity index (χ2n) is 8.95. The van der Waals surface area contributed by atoms with Crippen LogP contribution < -0.4 is 14.2 Å². The fourth-order valence-corrected chi connectivity index (χ4v) is 4.54. The van der Waals surface area contributed by atoms with Crippen LogP contribution in [0.5, 0.6) is 17.2 Å². The molecule has 0 aromatic heterocycles. The molecule has 0 amide bonds. The quantitative estimate of drug-likeness (QED) is 0.215. The number of hydrogen-bond acceptors (Lipinski definition) is 5. The molecular weight excluding hydrogens is 428 g/mol. The maximum absolute atomic E-state index is 12.7. The molecule has 0 radical (unpaired) electrons. The van der Waals surface area contributed by atoms with Gasteiger partial charge in [-0.1, -0.05) is 38.8 Å². The zero-order valence-corrected chi connectivity index (χ0v) is 20.4. The number of ether oxygens (including phenoxy) is 4. The Morgan fingerprint density at radius 1 is 1.03 bits per heavy atom. The molecule has 0 bridgehead atoms. The zero-order valence-electron chi connectivity index (χ0n) is 20.4. The molecule has 2 aromatic rings. The van der Waals surface area contributed by atoms with Crippen molar-refractivity contribution in [1.82, 2.24) is 0 Å². The first-order valence-corrected chi connectivity index (χ1v) is 12.3. The van der Waals surface area contributed by atoms with Crippen molar-refractivity contribution in [1.29, 1.82) is 0 Å². The molecule has 2 aromatic carbocycles. The van der Waals surface area contributed by atoms with Gasteiger partial charge in [0.15, 0.2) is 0 Å². The summed E-state index contributed by atoms with van der Waals surface area (Å²) in [6.45, 7) is 9.84. The largest absolute Gasteiger partial charge is 0.494 e. The van der Waals surface area contributed by atoms with E-state index < -0.39 is 5.97 Å². The van der Waals surface area contributed by atoms with Crippen LogP contribution in [0.25, 0.3) is 5.76 Å². The third-order valence-electron chi connectivity index (χ3n) is 6.37. The van der Waals surface area contributed by atoms with Crippen molar-refractivity contribution >= 4 is 11.7 Å². The normalized spacial score (nSPS) is 16.6. The van der Waals surface area contributed by atoms with Gasteiger partial charge >= 0.3 is 5.97 Å². The van der Waals surface area contributed by atoms with E-state index in [-0.39, 0.29) is 5.92 Å². The number of allylic oxidation sites excluding steroid dienone is 2. The first kappa shape index (κ1) is 23.9. The minimum Gasteiger partial charge on any atom is -0.494 e. The molecule has 1 heterocycles. The lowest BCUT2D eigenvalue weighted by atomic mass is 9.87. The molecular formula is C29H34O5. The number of fused-ring (bicyclic) bond motifs is 3. The van der Waals surface area contributed by atoms with E-state index >= 15 is 0 Å². The molecule has 0 spiro atoms. The van der Waals surface area contributed by atoms with Gasteiger partial charge in [0.05, 0.1) is 20.3 Å². The SMILES string of the molecule is C=C1CC2=C(c3ccc(OCCCC)cc3)Oc3c(C(=O)OC)cc(OCCCC)cc3[C@@H]2C1. The Morgan fingerprint density at radius 2 is 1.71 bits per heavy atom. The summed E-state index contributed by atoms with van der Waals surface area (Å²) in [5.74, 6) is 2.53. The summed E-state index contributed by atoms with van der Waals surface area (Å²) in [4.78, 5) is 12.7. The Labute approximate surface area is 202 Å². The van der Waals surface area contributed by atoms with Crippen LogP contribution in [0.2, 0.25) is 0 Å². The summed E-state index contributed by atoms with van der Waals surface area (Å²) in [5.41, 5.74) is 4.66. The van der Waals surface area contributed by atoms with E-state index in [1.54, 1.807) is 6.07 Å². The fourth-order valence-electron chi connectivity index (χ4n) is 4.54. The fraction of sp³-hybridized carbons (Fsp3) is 0.414. The van der Waals surface area contributed by atoms with Gasteiger partial charge in [-0.05, 0) is 67.7 Å². The summed E-state index contributed by atoms with van der Waals surface area (Å²) in [5, 5.41) is 0. The Hall–Kier alpha value is -3.21. The minimum atomic E-state index is -0.434. The van der Waals surface area contributed by atoms with Gasteiger partial charge in [-0.2, -0.15) is 0 Å². The van der Waals surface area contributed by atoms with E-state index in [0.717, 1.165) is 66.7 Å². The number of unbranched alkanes of at least 4 members (excludes halogenated alkanes) is 2. The molecule has 5 nitrogen and oxygen atoms in total. The molecule has 0 saturated heterocycles. The number of rotatable bonds is 10. The molecule has 4 rings (SSSR count). The molecule has 1 atom stereocenters. The van der Waals surface area contributed by atoms with Crippen LogP contribution in [0.4, 0.5) is 0 Å². The van der Waals surface area contributed by atoms with Gasteiger partial charge in [-0.15, -0.1) is 0 Å². The number of carbonyl (C=O) groups excluding carboxylic acids is 1. The Bertz CT molecular complexity index is 1080. The molecule has 1 aliphatic carbocycles. The number of carbonyl (C=O) groups is 1. The van der Waals surface area contributed by atoms with Gasteiger partial charge in [0, 0.05) is 17.0 Å². The van der Waals surface area contributed by atoms with Crippen LogP contribution in [-0.2, 0) is 4.74 Å². The highest BCUT2D eigenvalue weighted by atomic mass is 16.5. The second-order valence-corrected chi connectivity index (χ2v) is 8.95. The molecule has 0 unspecified atom stereocenters. The van der Waals surface area contributed by atoms with E-state index in [0.29, 0.717) is 30.3 Å². The highest BCUT2D eigenvalue weighted by Crippen LogP contribution is 2.53. The predicted molar refractivity (Wildman–Crippen MR) is 134 cm³/mol. The third kappa shape index (κ3) is 4.98. The molecule has 2 aliphatic rings. The molecule has 1 saturated carbocycles. The third-order valence-corrected chi connectivity index (χ3v) is 6.37. The average Bonchev–Trinajstić information content (AvgIpc) is 3.25. The number of esters is 1. The zero-order chi connectivity index (χ0) is 24.1. The maximum atomic E-state index is 12.7. The van der Waals surface area contributed by atoms with Crippen LogP contribution in [0.3, 0.4) is 0 Å². The molecule has 0 N–H and O–H groups in total. The number of hydrogen-bond donors (Lipinski definition) is 0. The van der Waals surface area contributed by atoms with Crippen molar-refractivity contribution in [2.24, 2.45) is 0 Å². The Morgan fingerprint density at radius 3 is 2.35 bits per heavy atom. The van der Waals surface area contributed by atoms with Gasteiger partial charge in [-0.3, -0.25) is 0 Å². The second kappa shape index (κ2) is 10.8. The van der Waals surface area contributed by atoms with Gasteiger partial charge in [0.25, 0.3) is 0 Å². The lowest BCUT2D eigenvalue weighted by Crippen LogP contribution is -2.16. The summed E-state index contributed by atoms with van der Waals surface area (Å²) in [6.07, 6.45) is 5.73. The highest BCUT2D eigenvalue weighted by molar-refractivity contribution is 5.95. The summed E-state index contributed by atoms with van der Waals surface area (Å²) in [6, 6.07) is 11.7. The van der Waals surface area contributed by atoms with E-state index in [1.165, 1.54) is 12.7 Å². The lowest BCUT2D eigenvalue weighted by Gasteiger charge is -2.29. The monoisotopic (exact) mass is 462 g/mol. The van der Waals surface area contributed by atoms with Crippen LogP contribution >= 0.6 is 0 Å². The van der Waals surface area contributed by atoms with Crippen molar-refractivity contribution in [3.63, 3.8) is 0 Å². The first-order valence-electron chi connectivity index (χ1n) is 12.3. The summed E-state index contributed by atoms with van der Waals surface area (Å²) >= 11 is 0. The van der Waals surface area contributed by atoms with Crippen molar-refractivity contribution in [3.05, 3.63) is 70.8 Å². The molecule has 5 heteroatoms. The lowest BCUT2D eigenvalue weighted by molar-refractivity contribution is 0.0597. The molecule has 1 fully saturated rings. The Kier molecular flexibility index (Phi) is 7.61. The molecule has 34 heavy (non-hydrogen) atoms. The standard InChI is InChI=1S/C29H34O5/c1-5-7-13-32-21-11-9-20(10-12-21)27-24-16-19(3)15-23(24)25-17-22(33-14-8-6-2)18-26(28(25)34-27)29(30)31-4/h9-12,17-18,23H,3,5-8,13-16H2,1-2,4H3/t23-/m1/s1. The topological polar surface area (TPSA) is 54.0 Å². The molecule has 1 aliphatic heterocycles. The highest BCUT2D eigenvalue weighted by Gasteiger charge is 2.38. The van der Waals surface area contributed by atoms with E-state index in [1.807, 2.05) is 30.3 Å². The smallest absolute Gasteiger partial charge is 0.341 e. The van der Waals surface area contributed by atoms with Gasteiger partial charge in [0.2, 0.25) is 0 Å². The summed E-state index contributed by atoms with van der Waals surface area (Å²) in [7, 11) is 1.39. The van der Waals surface area contributed by atoms with Crippen LogP contribution in [0.15, 0.2) is 54.1 Å². The van der Waals surface area contributed by atoms with Crippen LogP contribution in [0, 0.1) is 0 Å². The molecule has 180 valence electrons. The van der Waals surface area contributed by atoms with Crippen LogP contribution in [0.1, 0.15) is 79.8 Å². The van der Waals surface area contributed by atoms with Crippen LogP contribution in [-0.4, -0.2) is 26.3 Å². The number of benzene rings is 2. The van der Waals surface area contributed by atoms with Crippen molar-refractivity contribution in [2.45, 2.75) is 58.3 Å². The maximum Gasteiger partial charge on any atom is 0.341 e. The van der Waals surface area contributed by atoms with E-state index in [4.69, 9.17) is 18.9 Å². The van der Waals surface area contributed by atoms with Crippen molar-refractivity contribution in [3.8, 4) is 17.2 Å². The van der Waals surface area contributed by atoms with E-state index in [9.17, 15) is 4.79 Å². The average molecular weight is 463 g/mol. The van der Waals surface area contributed by atoms with E-state index in [2.05, 4.69) is 20.4 Å². The van der Waals surface area contributed by atoms with Gasteiger partial charge < -0.3 is 18.9 Å². The Balaban J connectivity index is 1.72. The van der Waals surface area contributed by atoms with Gasteiger partial charge in [0.1, 0.15) is 28.6 Å². The first-order chi connectivity index (χ1) is 16.5. The van der Waals surface area contributed by atoms with Crippen molar-refractivity contribution in [2.75, 3.05) is 20.3 Å². The van der Waals surface area contributed by atoms with Crippen molar-refractivity contribution < 1.29 is 23.7 Å². The minimum absolute atomic E-state index is 0.102. The van der Waals surface area contributed by atoms with Gasteiger partial charge in [-0.25, -0.2) is 4.79 Å². The predicted octanol–water partition coefficient (Wildman–Crippen LogP) is 7.07.